The van der Waals surface area contributed by atoms with Gasteiger partial charge in [-0.25, -0.2) is 4.39 Å². The molecule has 1 atom stereocenters. The predicted molar refractivity (Wildman–Crippen MR) is 74.3 cm³/mol. The van der Waals surface area contributed by atoms with Crippen molar-refractivity contribution in [3.8, 4) is 0 Å². The number of hydrogen-bond acceptors (Lipinski definition) is 1. The highest BCUT2D eigenvalue weighted by Crippen LogP contribution is 2.43. The zero-order chi connectivity index (χ0) is 15.5. The molecule has 118 valence electrons. The van der Waals surface area contributed by atoms with Crippen LogP contribution in [0.2, 0.25) is 0 Å². The largest absolute Gasteiger partial charge is 0.391 e. The van der Waals surface area contributed by atoms with E-state index in [2.05, 4.69) is 5.32 Å². The molecule has 0 spiro atoms. The van der Waals surface area contributed by atoms with Gasteiger partial charge in [-0.15, -0.1) is 0 Å². The van der Waals surface area contributed by atoms with E-state index >= 15 is 0 Å². The third-order valence-corrected chi connectivity index (χ3v) is 4.34. The van der Waals surface area contributed by atoms with Gasteiger partial charge in [0.25, 0.3) is 0 Å². The minimum Gasteiger partial charge on any atom is -0.310 e. The van der Waals surface area contributed by atoms with E-state index in [0.29, 0.717) is 19.4 Å². The molecule has 0 bridgehead atoms. The van der Waals surface area contributed by atoms with Gasteiger partial charge in [0.1, 0.15) is 5.82 Å². The molecule has 0 amide bonds. The molecule has 1 fully saturated rings. The maximum atomic E-state index is 13.4. The maximum Gasteiger partial charge on any atom is 0.391 e. The highest BCUT2D eigenvalue weighted by Gasteiger charge is 2.42. The fraction of sp³-hybridized carbons (Fsp3) is 0.625. The molecule has 1 aromatic carbocycles. The first-order valence-electron chi connectivity index (χ1n) is 7.47. The van der Waals surface area contributed by atoms with Crippen LogP contribution in [-0.2, 0) is 0 Å². The Labute approximate surface area is 122 Å². The van der Waals surface area contributed by atoms with E-state index in [1.165, 1.54) is 12.1 Å². The van der Waals surface area contributed by atoms with Crippen LogP contribution in [0.3, 0.4) is 0 Å². The summed E-state index contributed by atoms with van der Waals surface area (Å²) in [6.07, 6.45) is -2.69. The van der Waals surface area contributed by atoms with Crippen molar-refractivity contribution in [2.24, 2.45) is 11.8 Å². The minimum atomic E-state index is -4.09. The Kier molecular flexibility index (Phi) is 5.25. The van der Waals surface area contributed by atoms with Gasteiger partial charge in [-0.2, -0.15) is 13.2 Å². The first kappa shape index (κ1) is 16.3. The second-order valence-electron chi connectivity index (χ2n) is 5.74. The lowest BCUT2D eigenvalue weighted by atomic mass is 9.76. The lowest BCUT2D eigenvalue weighted by molar-refractivity contribution is -0.184. The average Bonchev–Trinajstić information content (AvgIpc) is 2.44. The molecule has 0 aliphatic heterocycles. The Balaban J connectivity index is 2.07. The summed E-state index contributed by atoms with van der Waals surface area (Å²) in [5, 5.41) is 3.30. The third-order valence-electron chi connectivity index (χ3n) is 4.34. The van der Waals surface area contributed by atoms with Gasteiger partial charge >= 0.3 is 6.18 Å². The van der Waals surface area contributed by atoms with Gasteiger partial charge in [0.2, 0.25) is 0 Å². The molecule has 0 heterocycles. The molecule has 0 aromatic heterocycles. The van der Waals surface area contributed by atoms with Crippen molar-refractivity contribution in [2.75, 3.05) is 6.54 Å². The van der Waals surface area contributed by atoms with Crippen molar-refractivity contribution in [1.29, 1.82) is 0 Å². The van der Waals surface area contributed by atoms with E-state index in [1.807, 2.05) is 13.0 Å². The number of alkyl halides is 3. The molecular weight excluding hydrogens is 282 g/mol. The summed E-state index contributed by atoms with van der Waals surface area (Å²) >= 11 is 0. The second kappa shape index (κ2) is 6.77. The fourth-order valence-electron chi connectivity index (χ4n) is 3.26. The van der Waals surface area contributed by atoms with Gasteiger partial charge in [-0.05, 0) is 55.8 Å². The molecule has 1 aliphatic carbocycles. The molecule has 1 aliphatic rings. The topological polar surface area (TPSA) is 12.0 Å². The van der Waals surface area contributed by atoms with Crippen LogP contribution in [0.25, 0.3) is 0 Å². The highest BCUT2D eigenvalue weighted by molar-refractivity contribution is 5.21. The van der Waals surface area contributed by atoms with Gasteiger partial charge in [-0.3, -0.25) is 0 Å². The molecule has 0 saturated heterocycles. The van der Waals surface area contributed by atoms with Crippen LogP contribution >= 0.6 is 0 Å². The normalized spacial score (nSPS) is 24.8. The predicted octanol–water partition coefficient (Wildman–Crippen LogP) is 4.85. The van der Waals surface area contributed by atoms with E-state index in [-0.39, 0.29) is 30.6 Å². The molecule has 1 N–H and O–H groups in total. The van der Waals surface area contributed by atoms with Gasteiger partial charge < -0.3 is 5.32 Å². The summed E-state index contributed by atoms with van der Waals surface area (Å²) in [6, 6.07) is 6.28. The molecule has 1 aromatic rings. The van der Waals surface area contributed by atoms with E-state index in [1.54, 1.807) is 6.07 Å². The number of nitrogens with one attached hydrogen (secondary N) is 1. The van der Waals surface area contributed by atoms with Gasteiger partial charge in [0.15, 0.2) is 0 Å². The number of benzene rings is 1. The Bertz CT molecular complexity index is 450. The summed E-state index contributed by atoms with van der Waals surface area (Å²) in [5.74, 6) is -1.35. The standard InChI is InChI=1S/C16H21F4N/c1-2-21-15(12-4-3-5-14(17)10-12)11-6-8-13(9-7-11)16(18,19)20/h3-5,10-11,13,15,21H,2,6-9H2,1H3. The van der Waals surface area contributed by atoms with Crippen LogP contribution < -0.4 is 5.32 Å². The van der Waals surface area contributed by atoms with Gasteiger partial charge in [-0.1, -0.05) is 19.1 Å². The van der Waals surface area contributed by atoms with Crippen molar-refractivity contribution in [2.45, 2.75) is 44.8 Å². The molecule has 2 rings (SSSR count). The van der Waals surface area contributed by atoms with Crippen LogP contribution in [0.5, 0.6) is 0 Å². The van der Waals surface area contributed by atoms with Crippen LogP contribution in [0, 0.1) is 17.7 Å². The number of rotatable bonds is 4. The minimum absolute atomic E-state index is 0.0696. The van der Waals surface area contributed by atoms with Gasteiger partial charge in [0, 0.05) is 6.04 Å². The molecule has 1 saturated carbocycles. The summed E-state index contributed by atoms with van der Waals surface area (Å²) < 4.78 is 51.6. The first-order valence-corrected chi connectivity index (χ1v) is 7.47. The smallest absolute Gasteiger partial charge is 0.310 e. The van der Waals surface area contributed by atoms with E-state index in [4.69, 9.17) is 0 Å². The Morgan fingerprint density at radius 3 is 2.38 bits per heavy atom. The Hall–Kier alpha value is -1.10. The van der Waals surface area contributed by atoms with Gasteiger partial charge in [0.05, 0.1) is 5.92 Å². The van der Waals surface area contributed by atoms with Crippen molar-refractivity contribution in [3.05, 3.63) is 35.6 Å². The van der Waals surface area contributed by atoms with Crippen LogP contribution in [0.4, 0.5) is 17.6 Å². The summed E-state index contributed by atoms with van der Waals surface area (Å²) in [7, 11) is 0. The average molecular weight is 303 g/mol. The molecule has 21 heavy (non-hydrogen) atoms. The van der Waals surface area contributed by atoms with Crippen molar-refractivity contribution in [3.63, 3.8) is 0 Å². The lowest BCUT2D eigenvalue weighted by Crippen LogP contribution is -2.34. The van der Waals surface area contributed by atoms with Crippen molar-refractivity contribution in [1.82, 2.24) is 5.32 Å². The maximum absolute atomic E-state index is 13.4. The SMILES string of the molecule is CCNC(c1cccc(F)c1)C1CCC(C(F)(F)F)CC1. The third kappa shape index (κ3) is 4.19. The number of halogens is 4. The molecule has 1 unspecified atom stereocenters. The van der Waals surface area contributed by atoms with E-state index < -0.39 is 12.1 Å². The molecule has 0 radical (unpaired) electrons. The highest BCUT2D eigenvalue weighted by atomic mass is 19.4. The fourth-order valence-corrected chi connectivity index (χ4v) is 3.26. The summed E-state index contributed by atoms with van der Waals surface area (Å²) in [4.78, 5) is 0. The zero-order valence-corrected chi connectivity index (χ0v) is 12.1. The number of hydrogen-bond donors (Lipinski definition) is 1. The van der Waals surface area contributed by atoms with E-state index in [0.717, 1.165) is 5.56 Å². The van der Waals surface area contributed by atoms with Crippen molar-refractivity contribution >= 4 is 0 Å². The quantitative estimate of drug-likeness (QED) is 0.784. The Morgan fingerprint density at radius 2 is 1.86 bits per heavy atom. The first-order chi connectivity index (χ1) is 9.91. The molecule has 1 nitrogen and oxygen atoms in total. The second-order valence-corrected chi connectivity index (χ2v) is 5.74. The van der Waals surface area contributed by atoms with E-state index in [9.17, 15) is 17.6 Å². The monoisotopic (exact) mass is 303 g/mol. The van der Waals surface area contributed by atoms with Crippen LogP contribution in [0.1, 0.15) is 44.2 Å². The zero-order valence-electron chi connectivity index (χ0n) is 12.1. The van der Waals surface area contributed by atoms with Crippen LogP contribution in [-0.4, -0.2) is 12.7 Å². The summed E-state index contributed by atoms with van der Waals surface area (Å²) in [5.41, 5.74) is 0.826. The molecular formula is C16H21F4N. The van der Waals surface area contributed by atoms with Crippen LogP contribution in [0.15, 0.2) is 24.3 Å². The molecule has 5 heteroatoms. The Morgan fingerprint density at radius 1 is 1.19 bits per heavy atom. The lowest BCUT2D eigenvalue weighted by Gasteiger charge is -2.35. The summed E-state index contributed by atoms with van der Waals surface area (Å²) in [6.45, 7) is 2.66. The van der Waals surface area contributed by atoms with Crippen molar-refractivity contribution < 1.29 is 17.6 Å².